The first-order valence-corrected chi connectivity index (χ1v) is 32.2. The largest absolute Gasteiger partial charge is 0.256 e. The summed E-state index contributed by atoms with van der Waals surface area (Å²) in [6.45, 7) is 16.5. The third-order valence-electron chi connectivity index (χ3n) is 19.3. The average molecular weight is 1210 g/mol. The molecule has 2 aliphatic rings. The molecule has 0 saturated heterocycles. The maximum absolute atomic E-state index is 10.6. The van der Waals surface area contributed by atoms with Gasteiger partial charge < -0.3 is 0 Å². The zero-order valence-corrected chi connectivity index (χ0v) is 53.7. The first kappa shape index (κ1) is 58.9. The van der Waals surface area contributed by atoms with Crippen LogP contribution in [0.1, 0.15) is 100 Å². The van der Waals surface area contributed by atoms with Crippen LogP contribution < -0.4 is 0 Å². The van der Waals surface area contributed by atoms with Crippen LogP contribution in [0.15, 0.2) is 243 Å². The maximum Gasteiger partial charge on any atom is 0.164 e. The number of hydrogen-bond donors (Lipinski definition) is 0. The van der Waals surface area contributed by atoms with Gasteiger partial charge in [-0.15, -0.1) is 0 Å². The quantitative estimate of drug-likeness (QED) is 0.117. The Bertz CT molecular complexity index is 5250. The van der Waals surface area contributed by atoms with Crippen LogP contribution in [0, 0.1) is 22.7 Å². The summed E-state index contributed by atoms with van der Waals surface area (Å²) in [5.41, 5.74) is 20.4. The van der Waals surface area contributed by atoms with Gasteiger partial charge in [0.2, 0.25) is 0 Å². The molecule has 0 saturated carbocycles. The highest BCUT2D eigenvalue weighted by atomic mass is 15.0. The van der Waals surface area contributed by atoms with Gasteiger partial charge in [-0.1, -0.05) is 224 Å². The van der Waals surface area contributed by atoms with Gasteiger partial charge in [0.05, 0.1) is 29.0 Å². The minimum Gasteiger partial charge on any atom is -0.256 e. The second-order valence-electron chi connectivity index (χ2n) is 27.7. The standard InChI is InChI=1S/C85H67N9/c1-82(2)51-83(3,4)73-46-58(31-34-71(73)82)65-38-54(49-86)40-67(44-65)80-91-76(56-19-10-8-11-20-56)89-78(93-80)63-26-16-23-61(42-63)69-28-18-24-60-37-53(30-33-70(60)69)48-85(7)52-84(5,6)74-47-59(32-35-72(74)85)66-39-55(50-87)41-68(45-66)81-92-77(57-21-12-9-13-22-57)90-79(94-81)64-27-17-25-62(43-64)75-29-14-15-36-88-75/h8-47H,48,51-52H2,1-7H3. The van der Waals surface area contributed by atoms with Crippen LogP contribution in [0.4, 0.5) is 0 Å². The molecule has 3 aromatic heterocycles. The van der Waals surface area contributed by atoms with Crippen molar-refractivity contribution in [2.24, 2.45) is 0 Å². The first-order chi connectivity index (χ1) is 45.5. The minimum absolute atomic E-state index is 0.0252. The Kier molecular flexibility index (Phi) is 14.5. The van der Waals surface area contributed by atoms with E-state index in [0.717, 1.165) is 103 Å². The normalized spacial score (nSPS) is 15.6. The predicted octanol–water partition coefficient (Wildman–Crippen LogP) is 20.2. The lowest BCUT2D eigenvalue weighted by Gasteiger charge is -2.28. The number of pyridine rings is 1. The SMILES string of the molecule is CC1(C)CC(C)(C)c2cc(-c3cc(C#N)cc(-c4nc(-c5ccccc5)nc(-c5cccc(-c6cccc7cc(CC8(C)CC(C)(C)c9cc(-c%10cc(C#N)cc(-c%11nc(-c%12ccccc%12)nc(-c%12cccc(-c%13ccccn%13)c%12)n%11)c%10)ccc98)ccc67)c5)n4)c3)ccc21. The third-order valence-corrected chi connectivity index (χ3v) is 19.3. The molecule has 0 radical (unpaired) electrons. The van der Waals surface area contributed by atoms with E-state index in [9.17, 15) is 10.5 Å². The Morgan fingerprint density at radius 3 is 1.34 bits per heavy atom. The van der Waals surface area contributed by atoms with Crippen molar-refractivity contribution in [1.82, 2.24) is 34.9 Å². The van der Waals surface area contributed by atoms with Gasteiger partial charge in [-0.2, -0.15) is 10.5 Å². The highest BCUT2D eigenvalue weighted by Gasteiger charge is 2.45. The number of nitrogens with zero attached hydrogens (tertiary/aromatic N) is 9. The lowest BCUT2D eigenvalue weighted by molar-refractivity contribution is 0.374. The zero-order chi connectivity index (χ0) is 64.5. The van der Waals surface area contributed by atoms with Crippen LogP contribution in [0.5, 0.6) is 0 Å². The molecule has 0 N–H and O–H groups in total. The fourth-order valence-corrected chi connectivity index (χ4v) is 15.3. The Morgan fingerprint density at radius 1 is 0.330 bits per heavy atom. The molecule has 0 amide bonds. The molecule has 3 heterocycles. The summed E-state index contributed by atoms with van der Waals surface area (Å²) in [6, 6.07) is 86.5. The van der Waals surface area contributed by atoms with Crippen molar-refractivity contribution in [3.05, 3.63) is 282 Å². The molecule has 13 aromatic rings. The molecule has 1 unspecified atom stereocenters. The number of rotatable bonds is 12. The van der Waals surface area contributed by atoms with Crippen molar-refractivity contribution in [1.29, 1.82) is 10.5 Å². The van der Waals surface area contributed by atoms with Gasteiger partial charge in [-0.25, -0.2) is 29.9 Å². The van der Waals surface area contributed by atoms with Crippen molar-refractivity contribution < 1.29 is 0 Å². The van der Waals surface area contributed by atoms with Crippen molar-refractivity contribution in [2.75, 3.05) is 0 Å². The molecule has 0 aliphatic heterocycles. The lowest BCUT2D eigenvalue weighted by atomic mass is 9.76. The lowest BCUT2D eigenvalue weighted by Crippen LogP contribution is -2.24. The number of hydrogen-bond acceptors (Lipinski definition) is 9. The summed E-state index contributed by atoms with van der Waals surface area (Å²) in [7, 11) is 0. The van der Waals surface area contributed by atoms with Crippen LogP contribution in [-0.4, -0.2) is 34.9 Å². The molecule has 452 valence electrons. The van der Waals surface area contributed by atoms with Gasteiger partial charge in [-0.05, 0) is 174 Å². The van der Waals surface area contributed by atoms with E-state index in [1.54, 1.807) is 6.20 Å². The van der Waals surface area contributed by atoms with Crippen LogP contribution in [-0.2, 0) is 28.1 Å². The summed E-state index contributed by atoms with van der Waals surface area (Å²) < 4.78 is 0. The van der Waals surface area contributed by atoms with Crippen LogP contribution in [0.25, 0.3) is 124 Å². The topological polar surface area (TPSA) is 138 Å². The van der Waals surface area contributed by atoms with Gasteiger partial charge in [0.1, 0.15) is 0 Å². The molecule has 10 aromatic carbocycles. The van der Waals surface area contributed by atoms with Crippen molar-refractivity contribution >= 4 is 10.8 Å². The zero-order valence-electron chi connectivity index (χ0n) is 53.7. The molecule has 0 fully saturated rings. The maximum atomic E-state index is 10.6. The Hall–Kier alpha value is -11.4. The van der Waals surface area contributed by atoms with Gasteiger partial charge >= 0.3 is 0 Å². The summed E-state index contributed by atoms with van der Waals surface area (Å²) in [5.74, 6) is 3.16. The molecule has 94 heavy (non-hydrogen) atoms. The predicted molar refractivity (Wildman–Crippen MR) is 378 cm³/mol. The number of fused-ring (bicyclic) bond motifs is 3. The van der Waals surface area contributed by atoms with Crippen molar-refractivity contribution in [3.63, 3.8) is 0 Å². The summed E-state index contributed by atoms with van der Waals surface area (Å²) in [5, 5.41) is 23.3. The second-order valence-corrected chi connectivity index (χ2v) is 27.7. The van der Waals surface area contributed by atoms with E-state index in [4.69, 9.17) is 29.9 Å². The molecular weight excluding hydrogens is 1150 g/mol. The molecule has 2 aliphatic carbocycles. The van der Waals surface area contributed by atoms with E-state index in [1.807, 2.05) is 121 Å². The van der Waals surface area contributed by atoms with Gasteiger partial charge in [0, 0.05) is 45.1 Å². The van der Waals surface area contributed by atoms with E-state index in [2.05, 4.69) is 181 Å². The van der Waals surface area contributed by atoms with Crippen LogP contribution in [0.2, 0.25) is 0 Å². The molecule has 1 atom stereocenters. The smallest absolute Gasteiger partial charge is 0.164 e. The fourth-order valence-electron chi connectivity index (χ4n) is 15.3. The van der Waals surface area contributed by atoms with E-state index in [1.165, 1.54) is 33.2 Å². The Labute approximate surface area is 549 Å². The minimum atomic E-state index is -0.157. The number of aromatic nitrogens is 7. The van der Waals surface area contributed by atoms with Gasteiger partial charge in [0.15, 0.2) is 34.9 Å². The van der Waals surface area contributed by atoms with E-state index in [-0.39, 0.29) is 21.7 Å². The van der Waals surface area contributed by atoms with Gasteiger partial charge in [-0.3, -0.25) is 4.98 Å². The van der Waals surface area contributed by atoms with E-state index < -0.39 is 0 Å². The van der Waals surface area contributed by atoms with E-state index >= 15 is 0 Å². The molecule has 0 spiro atoms. The molecule has 9 nitrogen and oxygen atoms in total. The molecular formula is C85H67N9. The van der Waals surface area contributed by atoms with E-state index in [0.29, 0.717) is 46.1 Å². The van der Waals surface area contributed by atoms with Gasteiger partial charge in [0.25, 0.3) is 0 Å². The fraction of sp³-hybridized carbons (Fsp3) is 0.165. The second kappa shape index (κ2) is 23.1. The monoisotopic (exact) mass is 1210 g/mol. The molecule has 9 heteroatoms. The highest BCUT2D eigenvalue weighted by Crippen LogP contribution is 2.53. The first-order valence-electron chi connectivity index (χ1n) is 32.2. The number of nitriles is 2. The third kappa shape index (κ3) is 11.1. The van der Waals surface area contributed by atoms with Crippen LogP contribution in [0.3, 0.4) is 0 Å². The molecule has 15 rings (SSSR count). The van der Waals surface area contributed by atoms with Crippen LogP contribution >= 0.6 is 0 Å². The molecule has 0 bridgehead atoms. The summed E-state index contributed by atoms with van der Waals surface area (Å²) in [6.07, 6.45) is 4.69. The van der Waals surface area contributed by atoms with Crippen molar-refractivity contribution in [3.8, 4) is 125 Å². The summed E-state index contributed by atoms with van der Waals surface area (Å²) in [4.78, 5) is 35.3. The summed E-state index contributed by atoms with van der Waals surface area (Å²) >= 11 is 0. The van der Waals surface area contributed by atoms with Crippen molar-refractivity contribution in [2.45, 2.75) is 89.4 Å². The highest BCUT2D eigenvalue weighted by molar-refractivity contribution is 5.97. The average Bonchev–Trinajstić information content (AvgIpc) is 1.58. The Morgan fingerprint density at radius 2 is 0.777 bits per heavy atom. The number of benzene rings is 10. The Balaban J connectivity index is 0.733.